The van der Waals surface area contributed by atoms with Gasteiger partial charge in [0, 0.05) is 38.4 Å². The molecule has 0 radical (unpaired) electrons. The third kappa shape index (κ3) is 5.02. The summed E-state index contributed by atoms with van der Waals surface area (Å²) in [5, 5.41) is 2.97. The molecule has 0 saturated carbocycles. The van der Waals surface area contributed by atoms with Crippen molar-refractivity contribution >= 4 is 21.6 Å². The van der Waals surface area contributed by atoms with Gasteiger partial charge < -0.3 is 10.2 Å². The van der Waals surface area contributed by atoms with Gasteiger partial charge in [-0.15, -0.1) is 0 Å². The van der Waals surface area contributed by atoms with Crippen LogP contribution < -0.4 is 10.2 Å². The molecule has 1 amide bonds. The summed E-state index contributed by atoms with van der Waals surface area (Å²) in [4.78, 5) is 15.2. The summed E-state index contributed by atoms with van der Waals surface area (Å²) in [5.41, 5.74) is 2.54. The topological polar surface area (TPSA) is 69.7 Å². The number of sulfonamides is 1. The molecule has 162 valence electrons. The number of benzene rings is 2. The molecule has 1 fully saturated rings. The molecule has 0 aliphatic carbocycles. The smallest absolute Gasteiger partial charge is 0.251 e. The van der Waals surface area contributed by atoms with Crippen LogP contribution in [0.3, 0.4) is 0 Å². The Morgan fingerprint density at radius 2 is 1.87 bits per heavy atom. The first-order valence-electron chi connectivity index (χ1n) is 10.4. The van der Waals surface area contributed by atoms with Gasteiger partial charge in [0.15, 0.2) is 0 Å². The molecule has 1 aliphatic heterocycles. The molecule has 6 nitrogen and oxygen atoms in total. The fraction of sp³-hybridized carbons (Fsp3) is 0.435. The van der Waals surface area contributed by atoms with Crippen molar-refractivity contribution in [3.05, 3.63) is 59.7 Å². The monoisotopic (exact) mass is 429 g/mol. The van der Waals surface area contributed by atoms with Crippen LogP contribution in [0.15, 0.2) is 53.4 Å². The van der Waals surface area contributed by atoms with E-state index in [9.17, 15) is 13.2 Å². The minimum Gasteiger partial charge on any atom is -0.371 e. The Hall–Kier alpha value is -2.38. The zero-order chi connectivity index (χ0) is 21.9. The van der Waals surface area contributed by atoms with Gasteiger partial charge in [-0.3, -0.25) is 4.79 Å². The number of piperidine rings is 1. The summed E-state index contributed by atoms with van der Waals surface area (Å²) in [6.45, 7) is 6.38. The quantitative estimate of drug-likeness (QED) is 0.761. The second kappa shape index (κ2) is 9.18. The van der Waals surface area contributed by atoms with Crippen LogP contribution in [-0.2, 0) is 10.0 Å². The van der Waals surface area contributed by atoms with E-state index in [-0.39, 0.29) is 16.8 Å². The fourth-order valence-electron chi connectivity index (χ4n) is 3.77. The number of anilines is 1. The molecular weight excluding hydrogens is 398 g/mol. The molecule has 2 atom stereocenters. The average molecular weight is 430 g/mol. The van der Waals surface area contributed by atoms with Gasteiger partial charge in [0.05, 0.1) is 10.9 Å². The van der Waals surface area contributed by atoms with Crippen molar-refractivity contribution in [3.8, 4) is 0 Å². The minimum absolute atomic E-state index is 0.105. The highest BCUT2D eigenvalue weighted by Crippen LogP contribution is 2.25. The highest BCUT2D eigenvalue weighted by atomic mass is 32.2. The number of nitrogens with zero attached hydrogens (tertiary/aromatic N) is 2. The van der Waals surface area contributed by atoms with Gasteiger partial charge in [-0.05, 0) is 61.6 Å². The Balaban J connectivity index is 1.69. The number of rotatable bonds is 6. The first-order valence-corrected chi connectivity index (χ1v) is 11.8. The molecule has 1 saturated heterocycles. The van der Waals surface area contributed by atoms with Gasteiger partial charge in [0.1, 0.15) is 0 Å². The average Bonchev–Trinajstić information content (AvgIpc) is 2.73. The maximum Gasteiger partial charge on any atom is 0.251 e. The van der Waals surface area contributed by atoms with Crippen molar-refractivity contribution in [2.24, 2.45) is 5.92 Å². The number of hydrogen-bond donors (Lipinski definition) is 1. The molecule has 1 aliphatic rings. The van der Waals surface area contributed by atoms with E-state index in [4.69, 9.17) is 0 Å². The molecule has 30 heavy (non-hydrogen) atoms. The van der Waals surface area contributed by atoms with E-state index in [1.807, 2.05) is 19.1 Å². The molecule has 2 aromatic rings. The van der Waals surface area contributed by atoms with Crippen LogP contribution in [0, 0.1) is 5.92 Å². The summed E-state index contributed by atoms with van der Waals surface area (Å²) in [7, 11) is -0.643. The third-order valence-electron chi connectivity index (χ3n) is 5.64. The first-order chi connectivity index (χ1) is 14.2. The van der Waals surface area contributed by atoms with Gasteiger partial charge in [-0.2, -0.15) is 0 Å². The van der Waals surface area contributed by atoms with E-state index >= 15 is 0 Å². The predicted octanol–water partition coefficient (Wildman–Crippen LogP) is 3.66. The molecule has 0 aromatic heterocycles. The van der Waals surface area contributed by atoms with Crippen molar-refractivity contribution < 1.29 is 13.2 Å². The van der Waals surface area contributed by atoms with Gasteiger partial charge >= 0.3 is 0 Å². The Morgan fingerprint density at radius 1 is 1.17 bits per heavy atom. The molecule has 2 unspecified atom stereocenters. The van der Waals surface area contributed by atoms with Crippen LogP contribution in [0.25, 0.3) is 0 Å². The number of amides is 1. The number of hydrogen-bond acceptors (Lipinski definition) is 4. The lowest BCUT2D eigenvalue weighted by Crippen LogP contribution is -2.34. The van der Waals surface area contributed by atoms with E-state index in [1.54, 1.807) is 12.1 Å². The Morgan fingerprint density at radius 3 is 2.50 bits per heavy atom. The van der Waals surface area contributed by atoms with Crippen molar-refractivity contribution in [2.75, 3.05) is 32.1 Å². The number of carbonyl (C=O) groups excluding carboxylic acids is 1. The highest BCUT2D eigenvalue weighted by molar-refractivity contribution is 7.89. The minimum atomic E-state index is -3.58. The van der Waals surface area contributed by atoms with Crippen LogP contribution in [0.1, 0.15) is 48.7 Å². The normalized spacial score (nSPS) is 18.3. The molecule has 2 aromatic carbocycles. The lowest BCUT2D eigenvalue weighted by molar-refractivity contribution is 0.0939. The number of nitrogens with one attached hydrogen (secondary N) is 1. The summed E-state index contributed by atoms with van der Waals surface area (Å²) in [6, 6.07) is 14.2. The van der Waals surface area contributed by atoms with Crippen molar-refractivity contribution in [1.82, 2.24) is 9.62 Å². The maximum atomic E-state index is 12.7. The predicted molar refractivity (Wildman–Crippen MR) is 120 cm³/mol. The van der Waals surface area contributed by atoms with Crippen LogP contribution in [0.5, 0.6) is 0 Å². The van der Waals surface area contributed by atoms with Crippen molar-refractivity contribution in [1.29, 1.82) is 0 Å². The van der Waals surface area contributed by atoms with Crippen LogP contribution in [0.2, 0.25) is 0 Å². The zero-order valence-electron chi connectivity index (χ0n) is 18.1. The third-order valence-corrected chi connectivity index (χ3v) is 7.45. The molecule has 0 spiro atoms. The van der Waals surface area contributed by atoms with E-state index in [1.165, 1.54) is 44.8 Å². The van der Waals surface area contributed by atoms with E-state index in [0.717, 1.165) is 23.0 Å². The second-order valence-corrected chi connectivity index (χ2v) is 10.4. The molecule has 0 bridgehead atoms. The van der Waals surface area contributed by atoms with E-state index in [0.29, 0.717) is 11.5 Å². The van der Waals surface area contributed by atoms with E-state index < -0.39 is 10.0 Å². The van der Waals surface area contributed by atoms with Gasteiger partial charge in [0.2, 0.25) is 10.0 Å². The number of carbonyl (C=O) groups is 1. The molecule has 7 heteroatoms. The van der Waals surface area contributed by atoms with Crippen LogP contribution >= 0.6 is 0 Å². The Labute approximate surface area is 179 Å². The zero-order valence-corrected chi connectivity index (χ0v) is 18.9. The van der Waals surface area contributed by atoms with Crippen LogP contribution in [-0.4, -0.2) is 45.8 Å². The van der Waals surface area contributed by atoms with Crippen molar-refractivity contribution in [2.45, 2.75) is 37.6 Å². The highest BCUT2D eigenvalue weighted by Gasteiger charge is 2.20. The summed E-state index contributed by atoms with van der Waals surface area (Å²) in [5.74, 6) is 0.413. The SMILES string of the molecule is CC1CCCN(c2ccc(C(C)NC(=O)c3cccc(S(=O)(=O)N(C)C)c3)cc2)C1. The molecule has 1 N–H and O–H groups in total. The largest absolute Gasteiger partial charge is 0.371 e. The summed E-state index contributed by atoms with van der Waals surface area (Å²) >= 11 is 0. The van der Waals surface area contributed by atoms with Crippen molar-refractivity contribution in [3.63, 3.8) is 0 Å². The lowest BCUT2D eigenvalue weighted by atomic mass is 9.99. The van der Waals surface area contributed by atoms with Gasteiger partial charge in [-0.1, -0.05) is 25.1 Å². The second-order valence-electron chi connectivity index (χ2n) is 8.30. The Bertz CT molecular complexity index is 987. The van der Waals surface area contributed by atoms with E-state index in [2.05, 4.69) is 29.3 Å². The standard InChI is InChI=1S/C23H31N3O3S/c1-17-7-6-14-26(16-17)21-12-10-19(11-13-21)18(2)24-23(27)20-8-5-9-22(15-20)30(28,29)25(3)4/h5,8-13,15,17-18H,6-7,14,16H2,1-4H3,(H,24,27). The lowest BCUT2D eigenvalue weighted by Gasteiger charge is -2.33. The summed E-state index contributed by atoms with van der Waals surface area (Å²) in [6.07, 6.45) is 2.51. The summed E-state index contributed by atoms with van der Waals surface area (Å²) < 4.78 is 25.8. The Kier molecular flexibility index (Phi) is 6.83. The van der Waals surface area contributed by atoms with Gasteiger partial charge in [0.25, 0.3) is 5.91 Å². The maximum absolute atomic E-state index is 12.7. The van der Waals surface area contributed by atoms with Gasteiger partial charge in [-0.25, -0.2) is 12.7 Å². The fourth-order valence-corrected chi connectivity index (χ4v) is 4.72. The van der Waals surface area contributed by atoms with Crippen LogP contribution in [0.4, 0.5) is 5.69 Å². The molecule has 1 heterocycles. The first kappa shape index (κ1) is 22.3. The molecular formula is C23H31N3O3S. The molecule has 3 rings (SSSR count).